The number of hydrogen-bond donors (Lipinski definition) is 1. The molecule has 0 bridgehead atoms. The number of carbonyl (C=O) groups is 2. The van der Waals surface area contributed by atoms with Crippen LogP contribution in [0.25, 0.3) is 0 Å². The number of amides is 1. The van der Waals surface area contributed by atoms with E-state index in [1.165, 1.54) is 20.2 Å². The third kappa shape index (κ3) is 2.80. The summed E-state index contributed by atoms with van der Waals surface area (Å²) < 4.78 is 0. The van der Waals surface area contributed by atoms with Gasteiger partial charge in [0.05, 0.1) is 19.1 Å². The Kier molecular flexibility index (Phi) is 4.02. The van der Waals surface area contributed by atoms with Gasteiger partial charge in [-0.2, -0.15) is 0 Å². The molecular weight excluding hydrogens is 210 g/mol. The highest BCUT2D eigenvalue weighted by Crippen LogP contribution is 2.10. The molecule has 0 radical (unpaired) electrons. The van der Waals surface area contributed by atoms with E-state index >= 15 is 0 Å². The van der Waals surface area contributed by atoms with Gasteiger partial charge in [-0.15, -0.1) is 0 Å². The van der Waals surface area contributed by atoms with Crippen LogP contribution in [0.5, 0.6) is 0 Å². The molecule has 0 atom stereocenters. The lowest BCUT2D eigenvalue weighted by molar-refractivity contribution is -0.167. The number of aromatic carboxylic acids is 1. The monoisotopic (exact) mass is 223 g/mol. The van der Waals surface area contributed by atoms with Crippen molar-refractivity contribution in [3.8, 4) is 0 Å². The van der Waals surface area contributed by atoms with Crippen LogP contribution in [-0.4, -0.2) is 36.2 Å². The van der Waals surface area contributed by atoms with Crippen molar-refractivity contribution in [2.24, 2.45) is 0 Å². The molecule has 5 heteroatoms. The second kappa shape index (κ2) is 5.27. The summed E-state index contributed by atoms with van der Waals surface area (Å²) in [5.41, 5.74) is 0.615. The van der Waals surface area contributed by atoms with Crippen molar-refractivity contribution in [1.82, 2.24) is 5.06 Å². The van der Waals surface area contributed by atoms with E-state index in [0.29, 0.717) is 5.56 Å². The Balaban J connectivity index is 2.89. The molecular formula is C11H13NO4. The van der Waals surface area contributed by atoms with Crippen LogP contribution >= 0.6 is 0 Å². The maximum absolute atomic E-state index is 11.5. The van der Waals surface area contributed by atoms with Gasteiger partial charge in [0.1, 0.15) is 0 Å². The first-order chi connectivity index (χ1) is 7.56. The van der Waals surface area contributed by atoms with Crippen molar-refractivity contribution in [2.45, 2.75) is 6.42 Å². The zero-order chi connectivity index (χ0) is 12.1. The average molecular weight is 223 g/mol. The molecule has 0 fully saturated rings. The van der Waals surface area contributed by atoms with E-state index in [0.717, 1.165) is 5.06 Å². The van der Waals surface area contributed by atoms with E-state index in [1.807, 2.05) is 0 Å². The van der Waals surface area contributed by atoms with Gasteiger partial charge in [-0.1, -0.05) is 18.2 Å². The topological polar surface area (TPSA) is 66.8 Å². The quantitative estimate of drug-likeness (QED) is 0.771. The molecule has 0 aliphatic carbocycles. The first kappa shape index (κ1) is 12.2. The number of hydrogen-bond acceptors (Lipinski definition) is 3. The first-order valence-electron chi connectivity index (χ1n) is 4.68. The van der Waals surface area contributed by atoms with E-state index < -0.39 is 5.97 Å². The van der Waals surface area contributed by atoms with Crippen molar-refractivity contribution in [3.05, 3.63) is 35.4 Å². The number of nitrogens with zero attached hydrogens (tertiary/aromatic N) is 1. The average Bonchev–Trinajstić information content (AvgIpc) is 2.28. The number of hydroxylamine groups is 2. The highest BCUT2D eigenvalue weighted by molar-refractivity contribution is 5.91. The number of likely N-dealkylation sites (N-methyl/N-ethyl adjacent to an activating group) is 1. The van der Waals surface area contributed by atoms with E-state index in [-0.39, 0.29) is 17.9 Å². The summed E-state index contributed by atoms with van der Waals surface area (Å²) in [6.07, 6.45) is 0.00676. The van der Waals surface area contributed by atoms with E-state index in [2.05, 4.69) is 0 Å². The summed E-state index contributed by atoms with van der Waals surface area (Å²) in [6.45, 7) is 0. The second-order valence-corrected chi connectivity index (χ2v) is 3.21. The van der Waals surface area contributed by atoms with Crippen LogP contribution in [-0.2, 0) is 16.1 Å². The highest BCUT2D eigenvalue weighted by Gasteiger charge is 2.14. The molecule has 0 aliphatic rings. The van der Waals surface area contributed by atoms with Crippen molar-refractivity contribution in [1.29, 1.82) is 0 Å². The molecule has 0 unspecified atom stereocenters. The first-order valence-corrected chi connectivity index (χ1v) is 4.68. The molecule has 1 aromatic rings. The lowest BCUT2D eigenvalue weighted by Gasteiger charge is -2.14. The van der Waals surface area contributed by atoms with Crippen LogP contribution in [0.15, 0.2) is 24.3 Å². The van der Waals surface area contributed by atoms with Crippen LogP contribution in [0.4, 0.5) is 0 Å². The van der Waals surface area contributed by atoms with Gasteiger partial charge >= 0.3 is 5.97 Å². The van der Waals surface area contributed by atoms with Crippen LogP contribution in [0, 0.1) is 0 Å². The minimum Gasteiger partial charge on any atom is -0.478 e. The largest absolute Gasteiger partial charge is 0.478 e. The smallest absolute Gasteiger partial charge is 0.335 e. The Morgan fingerprint density at radius 3 is 2.56 bits per heavy atom. The van der Waals surface area contributed by atoms with E-state index in [9.17, 15) is 9.59 Å². The van der Waals surface area contributed by atoms with Gasteiger partial charge in [0.25, 0.3) is 0 Å². The molecule has 86 valence electrons. The zero-order valence-corrected chi connectivity index (χ0v) is 9.14. The highest BCUT2D eigenvalue weighted by atomic mass is 16.7. The minimum atomic E-state index is -1.04. The van der Waals surface area contributed by atoms with Crippen LogP contribution < -0.4 is 0 Å². The molecule has 16 heavy (non-hydrogen) atoms. The summed E-state index contributed by atoms with van der Waals surface area (Å²) in [7, 11) is 2.85. The normalized spacial score (nSPS) is 9.88. The number of benzene rings is 1. The molecule has 1 amide bonds. The molecule has 5 nitrogen and oxygen atoms in total. The minimum absolute atomic E-state index is 0.00676. The molecule has 0 saturated carbocycles. The standard InChI is InChI=1S/C11H13NO4/c1-12(16-2)10(13)7-8-5-3-4-6-9(8)11(14)15/h3-6H,7H2,1-2H3,(H,14,15). The fraction of sp³-hybridized carbons (Fsp3) is 0.273. The fourth-order valence-electron chi connectivity index (χ4n) is 1.26. The Morgan fingerprint density at radius 1 is 1.38 bits per heavy atom. The van der Waals surface area contributed by atoms with Crippen LogP contribution in [0.2, 0.25) is 0 Å². The third-order valence-corrected chi connectivity index (χ3v) is 2.21. The Bertz CT molecular complexity index is 403. The molecule has 0 aliphatic heterocycles. The van der Waals surface area contributed by atoms with Crippen molar-refractivity contribution in [3.63, 3.8) is 0 Å². The third-order valence-electron chi connectivity index (χ3n) is 2.21. The summed E-state index contributed by atoms with van der Waals surface area (Å²) in [5, 5.41) is 9.99. The van der Waals surface area contributed by atoms with Crippen LogP contribution in [0.1, 0.15) is 15.9 Å². The SMILES string of the molecule is CON(C)C(=O)Cc1ccccc1C(=O)O. The molecule has 0 spiro atoms. The van der Waals surface area contributed by atoms with Gasteiger partial charge in [-0.3, -0.25) is 9.63 Å². The maximum Gasteiger partial charge on any atom is 0.335 e. The van der Waals surface area contributed by atoms with Gasteiger partial charge in [0.2, 0.25) is 5.91 Å². The number of carbonyl (C=O) groups excluding carboxylic acids is 1. The number of carboxylic acid groups (broad SMARTS) is 1. The van der Waals surface area contributed by atoms with E-state index in [4.69, 9.17) is 9.94 Å². The molecule has 0 aromatic heterocycles. The van der Waals surface area contributed by atoms with Gasteiger partial charge in [0.15, 0.2) is 0 Å². The lowest BCUT2D eigenvalue weighted by atomic mass is 10.0. The molecule has 1 aromatic carbocycles. The Hall–Kier alpha value is -1.88. The van der Waals surface area contributed by atoms with Gasteiger partial charge in [-0.25, -0.2) is 9.86 Å². The predicted molar refractivity (Wildman–Crippen MR) is 56.9 cm³/mol. The summed E-state index contributed by atoms with van der Waals surface area (Å²) in [5.74, 6) is -1.33. The van der Waals surface area contributed by atoms with Crippen LogP contribution in [0.3, 0.4) is 0 Å². The number of rotatable bonds is 4. The second-order valence-electron chi connectivity index (χ2n) is 3.21. The summed E-state index contributed by atoms with van der Waals surface area (Å²) >= 11 is 0. The molecule has 1 rings (SSSR count). The van der Waals surface area contributed by atoms with Crippen molar-refractivity contribution in [2.75, 3.05) is 14.2 Å². The lowest BCUT2D eigenvalue weighted by Crippen LogP contribution is -2.27. The summed E-state index contributed by atoms with van der Waals surface area (Å²) in [6, 6.07) is 6.40. The Morgan fingerprint density at radius 2 is 2.00 bits per heavy atom. The fourth-order valence-corrected chi connectivity index (χ4v) is 1.26. The van der Waals surface area contributed by atoms with Crippen molar-refractivity contribution >= 4 is 11.9 Å². The van der Waals surface area contributed by atoms with Gasteiger partial charge in [0, 0.05) is 7.05 Å². The van der Waals surface area contributed by atoms with Gasteiger partial charge < -0.3 is 5.11 Å². The maximum atomic E-state index is 11.5. The predicted octanol–water partition coefficient (Wildman–Crippen LogP) is 0.947. The molecule has 0 heterocycles. The molecule has 0 saturated heterocycles. The zero-order valence-electron chi connectivity index (χ0n) is 9.14. The van der Waals surface area contributed by atoms with E-state index in [1.54, 1.807) is 18.2 Å². The molecule has 1 N–H and O–H groups in total. The van der Waals surface area contributed by atoms with Crippen molar-refractivity contribution < 1.29 is 19.5 Å². The number of carboxylic acids is 1. The van der Waals surface area contributed by atoms with Gasteiger partial charge in [-0.05, 0) is 11.6 Å². The Labute approximate surface area is 93.2 Å². The summed E-state index contributed by atoms with van der Waals surface area (Å²) in [4.78, 5) is 27.1.